The van der Waals surface area contributed by atoms with Gasteiger partial charge in [-0.1, -0.05) is 6.07 Å². The monoisotopic (exact) mass is 366 g/mol. The third kappa shape index (κ3) is 3.08. The van der Waals surface area contributed by atoms with Gasteiger partial charge in [-0.3, -0.25) is 4.98 Å². The van der Waals surface area contributed by atoms with Crippen molar-refractivity contribution >= 4 is 16.7 Å². The van der Waals surface area contributed by atoms with Crippen LogP contribution in [-0.2, 0) is 0 Å². The summed E-state index contributed by atoms with van der Waals surface area (Å²) in [6, 6.07) is 9.95. The number of anilines is 1. The van der Waals surface area contributed by atoms with Crippen molar-refractivity contribution in [3.05, 3.63) is 72.3 Å². The summed E-state index contributed by atoms with van der Waals surface area (Å²) in [5, 5.41) is 3.63. The highest BCUT2D eigenvalue weighted by Gasteiger charge is 2.14. The smallest absolute Gasteiger partial charge is 0.163 e. The lowest BCUT2D eigenvalue weighted by atomic mass is 10.0. The van der Waals surface area contributed by atoms with E-state index < -0.39 is 17.5 Å². The van der Waals surface area contributed by atoms with E-state index in [2.05, 4.69) is 20.3 Å². The van der Waals surface area contributed by atoms with Crippen LogP contribution in [0.1, 0.15) is 0 Å². The Hall–Kier alpha value is -3.48. The predicted molar refractivity (Wildman–Crippen MR) is 97.6 cm³/mol. The Morgan fingerprint density at radius 1 is 0.852 bits per heavy atom. The van der Waals surface area contributed by atoms with Crippen LogP contribution in [0.15, 0.2) is 54.9 Å². The zero-order valence-corrected chi connectivity index (χ0v) is 14.2. The first-order valence-electron chi connectivity index (χ1n) is 8.11. The van der Waals surface area contributed by atoms with Gasteiger partial charge in [0.2, 0.25) is 0 Å². The van der Waals surface area contributed by atoms with Crippen LogP contribution in [0.3, 0.4) is 0 Å². The van der Waals surface area contributed by atoms with Crippen LogP contribution in [-0.4, -0.2) is 22.0 Å². The van der Waals surface area contributed by atoms with Crippen LogP contribution in [0.4, 0.5) is 19.0 Å². The van der Waals surface area contributed by atoms with E-state index >= 15 is 0 Å². The van der Waals surface area contributed by atoms with Gasteiger partial charge in [-0.15, -0.1) is 0 Å². The lowest BCUT2D eigenvalue weighted by Crippen LogP contribution is -1.99. The number of hydrogen-bond donors (Lipinski definition) is 1. The van der Waals surface area contributed by atoms with E-state index in [0.717, 1.165) is 11.6 Å². The van der Waals surface area contributed by atoms with Gasteiger partial charge in [0.1, 0.15) is 11.6 Å². The van der Waals surface area contributed by atoms with Gasteiger partial charge >= 0.3 is 0 Å². The molecule has 0 amide bonds. The van der Waals surface area contributed by atoms with Crippen molar-refractivity contribution in [2.45, 2.75) is 0 Å². The fourth-order valence-electron chi connectivity index (χ4n) is 2.85. The molecule has 2 heterocycles. The molecule has 0 radical (unpaired) electrons. The maximum Gasteiger partial charge on any atom is 0.163 e. The Kier molecular flexibility index (Phi) is 4.19. The maximum atomic E-state index is 14.1. The van der Waals surface area contributed by atoms with E-state index in [0.29, 0.717) is 34.2 Å². The van der Waals surface area contributed by atoms with E-state index in [4.69, 9.17) is 0 Å². The highest BCUT2D eigenvalue weighted by molar-refractivity contribution is 5.93. The molecule has 4 rings (SSSR count). The molecule has 0 aliphatic heterocycles. The fourth-order valence-corrected chi connectivity index (χ4v) is 2.85. The summed E-state index contributed by atoms with van der Waals surface area (Å²) in [6.45, 7) is 0. The van der Waals surface area contributed by atoms with Gasteiger partial charge in [0.25, 0.3) is 0 Å². The summed E-state index contributed by atoms with van der Waals surface area (Å²) in [5.74, 6) is -2.15. The molecule has 4 aromatic rings. The third-order valence-electron chi connectivity index (χ3n) is 4.17. The topological polar surface area (TPSA) is 50.7 Å². The number of hydrogen-bond acceptors (Lipinski definition) is 4. The summed E-state index contributed by atoms with van der Waals surface area (Å²) in [5.41, 5.74) is 1.74. The second-order valence-electron chi connectivity index (χ2n) is 5.87. The molecule has 0 aliphatic carbocycles. The Morgan fingerprint density at radius 2 is 1.67 bits per heavy atom. The second kappa shape index (κ2) is 6.68. The van der Waals surface area contributed by atoms with Crippen molar-refractivity contribution in [1.29, 1.82) is 0 Å². The normalized spacial score (nSPS) is 11.0. The zero-order valence-electron chi connectivity index (χ0n) is 14.2. The number of benzene rings is 2. The van der Waals surface area contributed by atoms with E-state index in [1.807, 2.05) is 6.07 Å². The van der Waals surface area contributed by atoms with E-state index in [1.54, 1.807) is 43.7 Å². The van der Waals surface area contributed by atoms with Crippen molar-refractivity contribution < 1.29 is 13.2 Å². The first-order chi connectivity index (χ1) is 13.1. The molecular formula is C20H13F3N4. The highest BCUT2D eigenvalue weighted by atomic mass is 19.2. The molecule has 4 nitrogen and oxygen atoms in total. The average molecular weight is 366 g/mol. The number of fused-ring (bicyclic) bond motifs is 1. The molecule has 0 saturated carbocycles. The number of halogens is 3. The summed E-state index contributed by atoms with van der Waals surface area (Å²) >= 11 is 0. The number of aromatic nitrogens is 3. The highest BCUT2D eigenvalue weighted by Crippen LogP contribution is 2.31. The van der Waals surface area contributed by atoms with Gasteiger partial charge in [-0.2, -0.15) is 0 Å². The molecular weight excluding hydrogens is 353 g/mol. The van der Waals surface area contributed by atoms with Gasteiger partial charge < -0.3 is 5.32 Å². The van der Waals surface area contributed by atoms with Crippen LogP contribution in [0.2, 0.25) is 0 Å². The Morgan fingerprint density at radius 3 is 2.41 bits per heavy atom. The molecule has 27 heavy (non-hydrogen) atoms. The number of pyridine rings is 1. The molecule has 0 fully saturated rings. The molecule has 0 saturated heterocycles. The van der Waals surface area contributed by atoms with Gasteiger partial charge in [0.05, 0.1) is 5.52 Å². The van der Waals surface area contributed by atoms with Crippen LogP contribution < -0.4 is 5.32 Å². The van der Waals surface area contributed by atoms with Gasteiger partial charge in [-0.25, -0.2) is 23.1 Å². The molecule has 7 heteroatoms. The summed E-state index contributed by atoms with van der Waals surface area (Å²) in [4.78, 5) is 13.1. The van der Waals surface area contributed by atoms with Crippen molar-refractivity contribution in [2.75, 3.05) is 12.4 Å². The standard InChI is InChI=1S/C20H13F3N4/c1-24-20-14-7-11(13-8-16(22)17(23)9-15(13)21)4-5-18(14)26-19(27-20)12-3-2-6-25-10-12/h2-10H,1H3,(H,24,26,27). The fraction of sp³-hybridized carbons (Fsp3) is 0.0500. The average Bonchev–Trinajstić information content (AvgIpc) is 2.70. The van der Waals surface area contributed by atoms with Crippen molar-refractivity contribution in [1.82, 2.24) is 15.0 Å². The van der Waals surface area contributed by atoms with E-state index in [-0.39, 0.29) is 5.56 Å². The predicted octanol–water partition coefficient (Wildman–Crippen LogP) is 4.82. The molecule has 0 spiro atoms. The molecule has 0 bridgehead atoms. The van der Waals surface area contributed by atoms with Crippen LogP contribution in [0, 0.1) is 17.5 Å². The number of nitrogens with one attached hydrogen (secondary N) is 1. The minimum absolute atomic E-state index is 0.0332. The molecule has 0 unspecified atom stereocenters. The van der Waals surface area contributed by atoms with Crippen LogP contribution in [0.5, 0.6) is 0 Å². The summed E-state index contributed by atoms with van der Waals surface area (Å²) < 4.78 is 40.9. The Labute approximate surface area is 152 Å². The van der Waals surface area contributed by atoms with E-state index in [1.165, 1.54) is 0 Å². The summed E-state index contributed by atoms with van der Waals surface area (Å²) in [7, 11) is 1.71. The first kappa shape index (κ1) is 17.0. The third-order valence-corrected chi connectivity index (χ3v) is 4.17. The van der Waals surface area contributed by atoms with Gasteiger partial charge in [0.15, 0.2) is 17.5 Å². The largest absolute Gasteiger partial charge is 0.373 e. The lowest BCUT2D eigenvalue weighted by Gasteiger charge is -2.11. The molecule has 2 aromatic carbocycles. The summed E-state index contributed by atoms with van der Waals surface area (Å²) in [6.07, 6.45) is 3.32. The Bertz CT molecular complexity index is 1150. The molecule has 0 atom stereocenters. The quantitative estimate of drug-likeness (QED) is 0.528. The van der Waals surface area contributed by atoms with Crippen molar-refractivity contribution in [3.63, 3.8) is 0 Å². The second-order valence-corrected chi connectivity index (χ2v) is 5.87. The van der Waals surface area contributed by atoms with Crippen molar-refractivity contribution in [2.24, 2.45) is 0 Å². The maximum absolute atomic E-state index is 14.1. The first-order valence-corrected chi connectivity index (χ1v) is 8.11. The SMILES string of the molecule is CNc1nc(-c2cccnc2)nc2ccc(-c3cc(F)c(F)cc3F)cc12. The molecule has 1 N–H and O–H groups in total. The minimum Gasteiger partial charge on any atom is -0.373 e. The molecule has 134 valence electrons. The number of nitrogens with zero attached hydrogens (tertiary/aromatic N) is 3. The Balaban J connectivity index is 1.89. The van der Waals surface area contributed by atoms with Crippen LogP contribution in [0.25, 0.3) is 33.4 Å². The molecule has 0 aliphatic rings. The number of rotatable bonds is 3. The lowest BCUT2D eigenvalue weighted by molar-refractivity contribution is 0.496. The van der Waals surface area contributed by atoms with E-state index in [9.17, 15) is 13.2 Å². The van der Waals surface area contributed by atoms with Gasteiger partial charge in [0, 0.05) is 42.0 Å². The van der Waals surface area contributed by atoms with Crippen molar-refractivity contribution in [3.8, 4) is 22.5 Å². The van der Waals surface area contributed by atoms with Gasteiger partial charge in [-0.05, 0) is 35.9 Å². The minimum atomic E-state index is -1.22. The zero-order chi connectivity index (χ0) is 19.0. The molecule has 2 aromatic heterocycles. The van der Waals surface area contributed by atoms with Crippen LogP contribution >= 0.6 is 0 Å².